The van der Waals surface area contributed by atoms with Crippen LogP contribution in [0.15, 0.2) is 5.16 Å². The van der Waals surface area contributed by atoms with Gasteiger partial charge in [-0.1, -0.05) is 25.9 Å². The van der Waals surface area contributed by atoms with Crippen molar-refractivity contribution < 1.29 is 9.94 Å². The zero-order chi connectivity index (χ0) is 13.9. The van der Waals surface area contributed by atoms with Crippen LogP contribution in [0.4, 0.5) is 0 Å². The summed E-state index contributed by atoms with van der Waals surface area (Å²) in [6, 6.07) is 0. The van der Waals surface area contributed by atoms with Crippen LogP contribution in [0.2, 0.25) is 0 Å². The van der Waals surface area contributed by atoms with E-state index < -0.39 is 0 Å². The average molecular weight is 254 g/mol. The number of hydrogen-bond donors (Lipinski definition) is 2. The highest BCUT2D eigenvalue weighted by atomic mass is 16.5. The quantitative estimate of drug-likeness (QED) is 0.370. The van der Waals surface area contributed by atoms with Crippen LogP contribution in [0, 0.1) is 12.3 Å². The molecule has 0 aromatic carbocycles. The minimum Gasteiger partial charge on any atom is -0.477 e. The Labute approximate surface area is 107 Å². The molecule has 0 aliphatic rings. The first-order valence-corrected chi connectivity index (χ1v) is 5.90. The number of aryl methyl sites for hydroxylation is 2. The number of nitrogens with two attached hydrogens (primary N) is 1. The van der Waals surface area contributed by atoms with Gasteiger partial charge < -0.3 is 15.7 Å². The van der Waals surface area contributed by atoms with Crippen LogP contribution < -0.4 is 10.5 Å². The molecule has 102 valence electrons. The van der Waals surface area contributed by atoms with Gasteiger partial charge in [-0.25, -0.2) is 4.68 Å². The van der Waals surface area contributed by atoms with Gasteiger partial charge in [0.25, 0.3) is 0 Å². The molecule has 0 unspecified atom stereocenters. The Balaban J connectivity index is 2.88. The van der Waals surface area contributed by atoms with Gasteiger partial charge in [-0.05, 0) is 18.8 Å². The van der Waals surface area contributed by atoms with Crippen molar-refractivity contribution in [2.45, 2.75) is 34.1 Å². The molecule has 0 aliphatic carbocycles. The number of rotatable bonds is 4. The van der Waals surface area contributed by atoms with Crippen LogP contribution >= 0.6 is 0 Å². The van der Waals surface area contributed by atoms with Crippen molar-refractivity contribution in [2.75, 3.05) is 6.61 Å². The Morgan fingerprint density at radius 2 is 2.11 bits per heavy atom. The lowest BCUT2D eigenvalue weighted by Crippen LogP contribution is -2.17. The van der Waals surface area contributed by atoms with Gasteiger partial charge in [0.15, 0.2) is 5.84 Å². The second kappa shape index (κ2) is 5.29. The van der Waals surface area contributed by atoms with E-state index in [2.05, 4.69) is 31.0 Å². The molecule has 6 heteroatoms. The summed E-state index contributed by atoms with van der Waals surface area (Å²) >= 11 is 0. The van der Waals surface area contributed by atoms with E-state index in [1.54, 1.807) is 18.7 Å². The van der Waals surface area contributed by atoms with Crippen molar-refractivity contribution in [1.82, 2.24) is 9.78 Å². The Morgan fingerprint density at radius 3 is 2.61 bits per heavy atom. The van der Waals surface area contributed by atoms with Gasteiger partial charge in [-0.3, -0.25) is 0 Å². The molecule has 0 spiro atoms. The molecule has 1 heterocycles. The van der Waals surface area contributed by atoms with Gasteiger partial charge in [0.2, 0.25) is 5.88 Å². The van der Waals surface area contributed by atoms with Crippen LogP contribution in [0.25, 0.3) is 0 Å². The second-order valence-electron chi connectivity index (χ2n) is 5.53. The van der Waals surface area contributed by atoms with Gasteiger partial charge >= 0.3 is 0 Å². The van der Waals surface area contributed by atoms with E-state index in [-0.39, 0.29) is 11.3 Å². The first-order chi connectivity index (χ1) is 8.26. The number of oxime groups is 1. The van der Waals surface area contributed by atoms with E-state index in [0.717, 1.165) is 6.42 Å². The highest BCUT2D eigenvalue weighted by Crippen LogP contribution is 2.23. The molecule has 1 rings (SSSR count). The van der Waals surface area contributed by atoms with Gasteiger partial charge in [0.05, 0.1) is 12.3 Å². The Bertz CT molecular complexity index is 444. The average Bonchev–Trinajstić information content (AvgIpc) is 2.51. The lowest BCUT2D eigenvalue weighted by molar-refractivity contribution is 0.228. The summed E-state index contributed by atoms with van der Waals surface area (Å²) in [7, 11) is 1.77. The summed E-state index contributed by atoms with van der Waals surface area (Å²) in [5.74, 6) is 0.554. The normalized spacial score (nSPS) is 12.8. The van der Waals surface area contributed by atoms with Gasteiger partial charge in [-0.2, -0.15) is 5.10 Å². The third-order valence-electron chi connectivity index (χ3n) is 2.62. The lowest BCUT2D eigenvalue weighted by Gasteiger charge is -2.18. The van der Waals surface area contributed by atoms with Crippen molar-refractivity contribution in [3.05, 3.63) is 11.3 Å². The molecule has 1 aromatic heterocycles. The number of nitrogens with zero attached hydrogens (tertiary/aromatic N) is 3. The molecule has 0 fully saturated rings. The SMILES string of the molecule is Cc1nn(C)c(OCCC(C)(C)C)c1C(N)=NO. The largest absolute Gasteiger partial charge is 0.477 e. The fraction of sp³-hybridized carbons (Fsp3) is 0.667. The highest BCUT2D eigenvalue weighted by Gasteiger charge is 2.19. The molecule has 0 aliphatic heterocycles. The fourth-order valence-corrected chi connectivity index (χ4v) is 1.60. The zero-order valence-corrected chi connectivity index (χ0v) is 11.7. The van der Waals surface area contributed by atoms with Crippen LogP contribution in [-0.4, -0.2) is 27.4 Å². The van der Waals surface area contributed by atoms with Gasteiger partial charge in [-0.15, -0.1) is 0 Å². The van der Waals surface area contributed by atoms with E-state index >= 15 is 0 Å². The summed E-state index contributed by atoms with van der Waals surface area (Å²) < 4.78 is 7.32. The smallest absolute Gasteiger partial charge is 0.223 e. The van der Waals surface area contributed by atoms with E-state index in [1.807, 2.05) is 0 Å². The molecule has 1 aromatic rings. The third kappa shape index (κ3) is 3.38. The Hall–Kier alpha value is -1.72. The van der Waals surface area contributed by atoms with Gasteiger partial charge in [0, 0.05) is 7.05 Å². The molecular weight excluding hydrogens is 232 g/mol. The van der Waals surface area contributed by atoms with Crippen molar-refractivity contribution in [3.63, 3.8) is 0 Å². The fourth-order valence-electron chi connectivity index (χ4n) is 1.60. The van der Waals surface area contributed by atoms with E-state index in [4.69, 9.17) is 15.7 Å². The number of ether oxygens (including phenoxy) is 1. The maximum atomic E-state index is 8.77. The molecule has 3 N–H and O–H groups in total. The summed E-state index contributed by atoms with van der Waals surface area (Å²) in [4.78, 5) is 0. The van der Waals surface area contributed by atoms with Gasteiger partial charge in [0.1, 0.15) is 5.56 Å². The molecule has 0 amide bonds. The van der Waals surface area contributed by atoms with Crippen molar-refractivity contribution in [1.29, 1.82) is 0 Å². The number of hydrogen-bond acceptors (Lipinski definition) is 4. The predicted molar refractivity (Wildman–Crippen MR) is 70.0 cm³/mol. The second-order valence-corrected chi connectivity index (χ2v) is 5.53. The molecular formula is C12H22N4O2. The summed E-state index contributed by atoms with van der Waals surface area (Å²) in [6.07, 6.45) is 0.910. The van der Waals surface area contributed by atoms with Crippen molar-refractivity contribution in [3.8, 4) is 5.88 Å². The van der Waals surface area contributed by atoms with E-state index in [1.165, 1.54) is 0 Å². The van der Waals surface area contributed by atoms with Crippen LogP contribution in [-0.2, 0) is 7.05 Å². The summed E-state index contributed by atoms with van der Waals surface area (Å²) in [5.41, 5.74) is 7.06. The highest BCUT2D eigenvalue weighted by molar-refractivity contribution is 6.00. The maximum absolute atomic E-state index is 8.77. The van der Waals surface area contributed by atoms with Crippen LogP contribution in [0.3, 0.4) is 0 Å². The Morgan fingerprint density at radius 1 is 1.50 bits per heavy atom. The molecule has 18 heavy (non-hydrogen) atoms. The molecule has 0 saturated heterocycles. The topological polar surface area (TPSA) is 85.7 Å². The van der Waals surface area contributed by atoms with Crippen LogP contribution in [0.5, 0.6) is 5.88 Å². The van der Waals surface area contributed by atoms with Crippen molar-refractivity contribution in [2.24, 2.45) is 23.4 Å². The van der Waals surface area contributed by atoms with E-state index in [9.17, 15) is 0 Å². The van der Waals surface area contributed by atoms with E-state index in [0.29, 0.717) is 23.7 Å². The molecule has 6 nitrogen and oxygen atoms in total. The Kier molecular flexibility index (Phi) is 4.21. The maximum Gasteiger partial charge on any atom is 0.223 e. The minimum absolute atomic E-state index is 0.0198. The standard InChI is InChI=1S/C12H22N4O2/c1-8-9(10(13)15-17)11(16(5)14-8)18-7-6-12(2,3)4/h17H,6-7H2,1-5H3,(H2,13,15). The number of aromatic nitrogens is 2. The zero-order valence-electron chi connectivity index (χ0n) is 11.7. The minimum atomic E-state index is 0.0198. The monoisotopic (exact) mass is 254 g/mol. The third-order valence-corrected chi connectivity index (χ3v) is 2.62. The lowest BCUT2D eigenvalue weighted by atomic mass is 9.93. The predicted octanol–water partition coefficient (Wildman–Crippen LogP) is 1.64. The molecule has 0 bridgehead atoms. The summed E-state index contributed by atoms with van der Waals surface area (Å²) in [5, 5.41) is 16.0. The summed E-state index contributed by atoms with van der Waals surface area (Å²) in [6.45, 7) is 8.80. The molecule has 0 saturated carbocycles. The number of amidine groups is 1. The first kappa shape index (κ1) is 14.3. The van der Waals surface area contributed by atoms with Crippen LogP contribution in [0.1, 0.15) is 38.4 Å². The molecule has 0 atom stereocenters. The van der Waals surface area contributed by atoms with Crippen molar-refractivity contribution >= 4 is 5.84 Å². The molecule has 0 radical (unpaired) electrons. The first-order valence-electron chi connectivity index (χ1n) is 5.90.